The molecular formula is C9H12F2O3. The maximum Gasteiger partial charge on any atom is 0.380 e. The Kier molecular flexibility index (Phi) is 2.89. The van der Waals surface area contributed by atoms with Crippen molar-refractivity contribution in [2.24, 2.45) is 0 Å². The number of carbonyl (C=O) groups excluding carboxylic acids is 1. The lowest BCUT2D eigenvalue weighted by Crippen LogP contribution is -2.51. The third-order valence-corrected chi connectivity index (χ3v) is 2.16. The molecule has 0 radical (unpaired) electrons. The minimum atomic E-state index is -3.87. The molecule has 1 unspecified atom stereocenters. The van der Waals surface area contributed by atoms with E-state index in [9.17, 15) is 18.7 Å². The van der Waals surface area contributed by atoms with Crippen molar-refractivity contribution < 1.29 is 23.4 Å². The smallest absolute Gasteiger partial charge is 0.380 e. The summed E-state index contributed by atoms with van der Waals surface area (Å²) in [7, 11) is 0. The summed E-state index contributed by atoms with van der Waals surface area (Å²) in [6.07, 6.45) is 2.57. The topological polar surface area (TPSA) is 46.5 Å². The molecule has 0 aliphatic heterocycles. The van der Waals surface area contributed by atoms with Gasteiger partial charge in [0, 0.05) is 0 Å². The fourth-order valence-corrected chi connectivity index (χ4v) is 1.33. The largest absolute Gasteiger partial charge is 0.461 e. The summed E-state index contributed by atoms with van der Waals surface area (Å²) in [6, 6.07) is 0. The van der Waals surface area contributed by atoms with E-state index in [0.717, 1.165) is 6.08 Å². The van der Waals surface area contributed by atoms with E-state index in [1.807, 2.05) is 0 Å². The molecule has 1 N–H and O–H groups in total. The Balaban J connectivity index is 2.82. The highest BCUT2D eigenvalue weighted by Crippen LogP contribution is 2.38. The van der Waals surface area contributed by atoms with Gasteiger partial charge < -0.3 is 9.84 Å². The van der Waals surface area contributed by atoms with Crippen LogP contribution in [-0.4, -0.2) is 29.2 Å². The second-order valence-electron chi connectivity index (χ2n) is 3.16. The van der Waals surface area contributed by atoms with Crippen LogP contribution in [0.4, 0.5) is 8.78 Å². The van der Waals surface area contributed by atoms with E-state index < -0.39 is 17.5 Å². The quantitative estimate of drug-likeness (QED) is 0.558. The summed E-state index contributed by atoms with van der Waals surface area (Å²) in [5.74, 6) is -5.54. The average Bonchev–Trinajstić information content (AvgIpc) is 2.54. The first-order valence-corrected chi connectivity index (χ1v) is 4.39. The highest BCUT2D eigenvalue weighted by Gasteiger charge is 2.58. The Morgan fingerprint density at radius 1 is 1.71 bits per heavy atom. The SMILES string of the molecule is CCOC(=O)C(F)(F)C1(O)C=CCC1. The first-order chi connectivity index (χ1) is 6.44. The summed E-state index contributed by atoms with van der Waals surface area (Å²) in [4.78, 5) is 10.9. The zero-order valence-corrected chi connectivity index (χ0v) is 7.80. The molecule has 0 saturated heterocycles. The van der Waals surface area contributed by atoms with E-state index >= 15 is 0 Å². The van der Waals surface area contributed by atoms with E-state index in [2.05, 4.69) is 4.74 Å². The lowest BCUT2D eigenvalue weighted by Gasteiger charge is -2.28. The lowest BCUT2D eigenvalue weighted by molar-refractivity contribution is -0.202. The maximum absolute atomic E-state index is 13.3. The van der Waals surface area contributed by atoms with Gasteiger partial charge in [0.25, 0.3) is 0 Å². The molecule has 0 spiro atoms. The highest BCUT2D eigenvalue weighted by atomic mass is 19.3. The van der Waals surface area contributed by atoms with Gasteiger partial charge in [-0.05, 0) is 19.8 Å². The summed E-state index contributed by atoms with van der Waals surface area (Å²) in [6.45, 7) is 1.30. The van der Waals surface area contributed by atoms with Gasteiger partial charge in [-0.3, -0.25) is 0 Å². The van der Waals surface area contributed by atoms with Crippen LogP contribution in [0.1, 0.15) is 19.8 Å². The molecule has 0 bridgehead atoms. The molecule has 0 amide bonds. The van der Waals surface area contributed by atoms with Crippen LogP contribution >= 0.6 is 0 Å². The van der Waals surface area contributed by atoms with Crippen molar-refractivity contribution in [2.45, 2.75) is 31.3 Å². The summed E-state index contributed by atoms with van der Waals surface area (Å²) in [5.41, 5.74) is -2.38. The average molecular weight is 206 g/mol. The second-order valence-corrected chi connectivity index (χ2v) is 3.16. The number of halogens is 2. The van der Waals surface area contributed by atoms with Crippen LogP contribution in [0.3, 0.4) is 0 Å². The van der Waals surface area contributed by atoms with Crippen LogP contribution in [0, 0.1) is 0 Å². The van der Waals surface area contributed by atoms with Gasteiger partial charge in [0.05, 0.1) is 6.61 Å². The predicted octanol–water partition coefficient (Wildman–Crippen LogP) is 1.27. The molecule has 5 heteroatoms. The van der Waals surface area contributed by atoms with E-state index in [1.165, 1.54) is 13.0 Å². The second kappa shape index (κ2) is 3.65. The van der Waals surface area contributed by atoms with Gasteiger partial charge in [-0.25, -0.2) is 4.79 Å². The summed E-state index contributed by atoms with van der Waals surface area (Å²) >= 11 is 0. The number of esters is 1. The third-order valence-electron chi connectivity index (χ3n) is 2.16. The number of carbonyl (C=O) groups is 1. The monoisotopic (exact) mass is 206 g/mol. The van der Waals surface area contributed by atoms with Crippen molar-refractivity contribution in [3.8, 4) is 0 Å². The number of hydrogen-bond acceptors (Lipinski definition) is 3. The Hall–Kier alpha value is -0.970. The molecule has 1 aliphatic rings. The molecule has 1 atom stereocenters. The third kappa shape index (κ3) is 1.64. The fourth-order valence-electron chi connectivity index (χ4n) is 1.33. The number of allylic oxidation sites excluding steroid dienone is 1. The van der Waals surface area contributed by atoms with Crippen molar-refractivity contribution in [1.82, 2.24) is 0 Å². The van der Waals surface area contributed by atoms with Crippen molar-refractivity contribution in [2.75, 3.05) is 6.61 Å². The molecule has 80 valence electrons. The van der Waals surface area contributed by atoms with Crippen LogP contribution in [0.5, 0.6) is 0 Å². The van der Waals surface area contributed by atoms with E-state index in [4.69, 9.17) is 0 Å². The van der Waals surface area contributed by atoms with Crippen molar-refractivity contribution >= 4 is 5.97 Å². The van der Waals surface area contributed by atoms with Gasteiger partial charge >= 0.3 is 11.9 Å². The number of aliphatic hydroxyl groups is 1. The van der Waals surface area contributed by atoms with Crippen LogP contribution in [0.2, 0.25) is 0 Å². The fraction of sp³-hybridized carbons (Fsp3) is 0.667. The molecule has 1 aliphatic carbocycles. The molecule has 3 nitrogen and oxygen atoms in total. The normalized spacial score (nSPS) is 26.6. The van der Waals surface area contributed by atoms with Crippen LogP contribution in [-0.2, 0) is 9.53 Å². The highest BCUT2D eigenvalue weighted by molar-refractivity contribution is 5.80. The Morgan fingerprint density at radius 2 is 2.36 bits per heavy atom. The van der Waals surface area contributed by atoms with E-state index in [0.29, 0.717) is 6.42 Å². The molecule has 14 heavy (non-hydrogen) atoms. The predicted molar refractivity (Wildman–Crippen MR) is 44.9 cm³/mol. The Morgan fingerprint density at radius 3 is 2.79 bits per heavy atom. The first-order valence-electron chi connectivity index (χ1n) is 4.39. The number of alkyl halides is 2. The number of ether oxygens (including phenoxy) is 1. The van der Waals surface area contributed by atoms with Gasteiger partial charge in [0.2, 0.25) is 0 Å². The molecule has 0 saturated carbocycles. The Labute approximate surface area is 80.4 Å². The van der Waals surface area contributed by atoms with Crippen molar-refractivity contribution in [1.29, 1.82) is 0 Å². The van der Waals surface area contributed by atoms with Gasteiger partial charge in [0.1, 0.15) is 0 Å². The molecule has 0 aromatic heterocycles. The zero-order valence-electron chi connectivity index (χ0n) is 7.80. The van der Waals surface area contributed by atoms with E-state index in [1.54, 1.807) is 0 Å². The zero-order chi connectivity index (χ0) is 10.8. The minimum Gasteiger partial charge on any atom is -0.461 e. The van der Waals surface area contributed by atoms with E-state index in [-0.39, 0.29) is 13.0 Å². The molecule has 0 aromatic carbocycles. The van der Waals surface area contributed by atoms with Gasteiger partial charge in [0.15, 0.2) is 5.60 Å². The molecule has 0 heterocycles. The molecule has 1 rings (SSSR count). The van der Waals surface area contributed by atoms with Crippen LogP contribution in [0.25, 0.3) is 0 Å². The standard InChI is InChI=1S/C9H12F2O3/c1-2-14-7(12)9(10,11)8(13)5-3-4-6-8/h3,5,13H,2,4,6H2,1H3. The first kappa shape index (κ1) is 11.1. The summed E-state index contributed by atoms with van der Waals surface area (Å²) < 4.78 is 30.8. The van der Waals surface area contributed by atoms with Crippen molar-refractivity contribution in [3.05, 3.63) is 12.2 Å². The van der Waals surface area contributed by atoms with Gasteiger partial charge in [-0.15, -0.1) is 0 Å². The summed E-state index contributed by atoms with van der Waals surface area (Å²) in [5, 5.41) is 9.48. The lowest BCUT2D eigenvalue weighted by atomic mass is 9.95. The number of hydrogen-bond donors (Lipinski definition) is 1. The Bertz CT molecular complexity index is 263. The molecular weight excluding hydrogens is 194 g/mol. The van der Waals surface area contributed by atoms with Gasteiger partial charge in [-0.2, -0.15) is 8.78 Å². The molecule has 0 fully saturated rings. The minimum absolute atomic E-state index is 0.131. The van der Waals surface area contributed by atoms with Crippen LogP contribution < -0.4 is 0 Å². The van der Waals surface area contributed by atoms with Crippen molar-refractivity contribution in [3.63, 3.8) is 0 Å². The van der Waals surface area contributed by atoms with Gasteiger partial charge in [-0.1, -0.05) is 12.2 Å². The molecule has 0 aromatic rings. The van der Waals surface area contributed by atoms with Crippen LogP contribution in [0.15, 0.2) is 12.2 Å². The maximum atomic E-state index is 13.3. The number of rotatable bonds is 3.